The number of benzene rings is 2. The Balaban J connectivity index is 1.64. The van der Waals surface area contributed by atoms with Crippen molar-refractivity contribution >= 4 is 25.2 Å². The van der Waals surface area contributed by atoms with Crippen molar-refractivity contribution in [3.63, 3.8) is 0 Å². The summed E-state index contributed by atoms with van der Waals surface area (Å²) in [6.07, 6.45) is 3.57. The second-order valence-electron chi connectivity index (χ2n) is 7.30. The summed E-state index contributed by atoms with van der Waals surface area (Å²) in [7, 11) is -1.05. The number of hydrogen-bond acceptors (Lipinski definition) is 3. The van der Waals surface area contributed by atoms with Crippen LogP contribution in [0, 0.1) is 5.92 Å². The predicted octanol–water partition coefficient (Wildman–Crippen LogP) is 6.08. The zero-order valence-corrected chi connectivity index (χ0v) is 18.0. The molecule has 0 spiro atoms. The van der Waals surface area contributed by atoms with Crippen molar-refractivity contribution in [2.75, 3.05) is 6.86 Å². The number of halogens is 2. The molecule has 0 amide bonds. The van der Waals surface area contributed by atoms with E-state index >= 15 is 0 Å². The third-order valence-corrected chi connectivity index (χ3v) is 8.67. The maximum Gasteiger partial charge on any atom is 0.343 e. The monoisotopic (exact) mass is 420 g/mol. The van der Waals surface area contributed by atoms with Crippen molar-refractivity contribution < 1.29 is 18.7 Å². The largest absolute Gasteiger partial charge is 0.463 e. The van der Waals surface area contributed by atoms with Gasteiger partial charge in [0.2, 0.25) is 6.86 Å². The molecule has 0 aromatic heterocycles. The first-order valence-electron chi connectivity index (χ1n) is 9.85. The van der Waals surface area contributed by atoms with Crippen molar-refractivity contribution in [1.29, 1.82) is 0 Å². The van der Waals surface area contributed by atoms with E-state index in [9.17, 15) is 9.18 Å². The van der Waals surface area contributed by atoms with Crippen molar-refractivity contribution in [3.8, 4) is 11.5 Å². The highest BCUT2D eigenvalue weighted by atomic mass is 35.6. The van der Waals surface area contributed by atoms with Crippen LogP contribution in [0.5, 0.6) is 11.5 Å². The second kappa shape index (κ2) is 10.1. The molecular weight excluding hydrogens is 395 g/mol. The average Bonchev–Trinajstić information content (AvgIpc) is 2.70. The summed E-state index contributed by atoms with van der Waals surface area (Å²) in [5.74, 6) is 1.67. The number of rotatable bonds is 7. The van der Waals surface area contributed by atoms with Gasteiger partial charge in [-0.3, -0.25) is 0 Å². The molecule has 0 bridgehead atoms. The van der Waals surface area contributed by atoms with Crippen LogP contribution >= 0.6 is 11.1 Å². The smallest absolute Gasteiger partial charge is 0.343 e. The lowest BCUT2D eigenvalue weighted by atomic mass is 9.82. The Bertz CT molecular complexity index is 766. The first-order chi connectivity index (χ1) is 13.6. The molecule has 3 atom stereocenters. The predicted molar refractivity (Wildman–Crippen MR) is 113 cm³/mol. The van der Waals surface area contributed by atoms with Crippen LogP contribution in [-0.2, 0) is 0 Å². The average molecular weight is 421 g/mol. The zero-order chi connectivity index (χ0) is 19.9. The molecule has 1 fully saturated rings. The van der Waals surface area contributed by atoms with E-state index in [1.165, 1.54) is 30.5 Å². The first kappa shape index (κ1) is 20.9. The fourth-order valence-electron chi connectivity index (χ4n) is 4.03. The number of carbonyl (C=O) groups excluding carboxylic acids is 1. The van der Waals surface area contributed by atoms with Crippen LogP contribution in [-0.4, -0.2) is 20.9 Å². The number of hydrogen-bond donors (Lipinski definition) is 0. The fourth-order valence-corrected chi connectivity index (χ4v) is 7.28. The first-order valence-corrected chi connectivity index (χ1v) is 13.2. The van der Waals surface area contributed by atoms with Gasteiger partial charge in [-0.1, -0.05) is 31.9 Å². The van der Waals surface area contributed by atoms with Crippen LogP contribution < -0.4 is 9.47 Å². The van der Waals surface area contributed by atoms with Crippen molar-refractivity contribution in [1.82, 2.24) is 0 Å². The molecule has 0 N–H and O–H groups in total. The molecule has 0 radical (unpaired) electrons. The van der Waals surface area contributed by atoms with Crippen molar-refractivity contribution in [2.24, 2.45) is 5.92 Å². The van der Waals surface area contributed by atoms with Gasteiger partial charge in [-0.05, 0) is 72.3 Å². The number of esters is 1. The number of alkyl halides is 1. The lowest BCUT2D eigenvalue weighted by Crippen LogP contribution is -2.25. The highest BCUT2D eigenvalue weighted by molar-refractivity contribution is 7.07. The van der Waals surface area contributed by atoms with Gasteiger partial charge in [0.1, 0.15) is 19.6 Å². The fraction of sp³-hybridized carbons (Fsp3) is 0.409. The SMILES string of the molecule is CCCC1C[SiH](Cl)CCC1c1ccc(OC(=O)c2ccc(OCF)cc2)cc1. The second-order valence-corrected chi connectivity index (χ2v) is 11.4. The van der Waals surface area contributed by atoms with Crippen molar-refractivity contribution in [2.45, 2.75) is 44.2 Å². The van der Waals surface area contributed by atoms with E-state index in [-0.39, 0.29) is 0 Å². The van der Waals surface area contributed by atoms with Gasteiger partial charge in [0.15, 0.2) is 0 Å². The molecule has 0 saturated carbocycles. The van der Waals surface area contributed by atoms with Crippen LogP contribution in [0.4, 0.5) is 4.39 Å². The summed E-state index contributed by atoms with van der Waals surface area (Å²) >= 11 is 6.52. The molecule has 150 valence electrons. The summed E-state index contributed by atoms with van der Waals surface area (Å²) in [4.78, 5) is 12.3. The Morgan fingerprint density at radius 1 is 1.14 bits per heavy atom. The minimum Gasteiger partial charge on any atom is -0.463 e. The van der Waals surface area contributed by atoms with Gasteiger partial charge in [-0.25, -0.2) is 9.18 Å². The molecule has 0 aliphatic carbocycles. The van der Waals surface area contributed by atoms with Crippen LogP contribution in [0.2, 0.25) is 12.1 Å². The van der Waals surface area contributed by atoms with E-state index in [0.717, 1.165) is 6.42 Å². The molecule has 6 heteroatoms. The molecule has 2 aromatic rings. The molecule has 1 saturated heterocycles. The van der Waals surface area contributed by atoms with Crippen LogP contribution in [0.1, 0.15) is 48.0 Å². The Hall–Kier alpha value is -1.85. The van der Waals surface area contributed by atoms with E-state index in [2.05, 4.69) is 19.1 Å². The topological polar surface area (TPSA) is 35.5 Å². The van der Waals surface area contributed by atoms with Gasteiger partial charge in [0.05, 0.1) is 5.56 Å². The number of carbonyl (C=O) groups is 1. The molecule has 1 heterocycles. The summed E-state index contributed by atoms with van der Waals surface area (Å²) in [6.45, 7) is 1.33. The highest BCUT2D eigenvalue weighted by Crippen LogP contribution is 2.42. The van der Waals surface area contributed by atoms with Gasteiger partial charge in [-0.2, -0.15) is 11.1 Å². The van der Waals surface area contributed by atoms with Crippen molar-refractivity contribution in [3.05, 3.63) is 59.7 Å². The van der Waals surface area contributed by atoms with Crippen LogP contribution in [0.3, 0.4) is 0 Å². The summed E-state index contributed by atoms with van der Waals surface area (Å²) in [6, 6.07) is 16.5. The van der Waals surface area contributed by atoms with Crippen LogP contribution in [0.15, 0.2) is 48.5 Å². The summed E-state index contributed by atoms with van der Waals surface area (Å²) in [5.41, 5.74) is 1.70. The van der Waals surface area contributed by atoms with Gasteiger partial charge in [-0.15, -0.1) is 0 Å². The van der Waals surface area contributed by atoms with Crippen LogP contribution in [0.25, 0.3) is 0 Å². The van der Waals surface area contributed by atoms with E-state index in [4.69, 9.17) is 20.6 Å². The molecule has 3 rings (SSSR count). The maximum absolute atomic E-state index is 12.3. The van der Waals surface area contributed by atoms with Gasteiger partial charge < -0.3 is 9.47 Å². The highest BCUT2D eigenvalue weighted by Gasteiger charge is 2.30. The molecule has 28 heavy (non-hydrogen) atoms. The normalized spacial score (nSPS) is 21.9. The summed E-state index contributed by atoms with van der Waals surface area (Å²) in [5, 5.41) is 0. The maximum atomic E-state index is 12.3. The molecule has 1 aliphatic rings. The standard InChI is InChI=1S/C22H26ClFO3Si/c1-2-3-18-14-28(23)13-12-21(18)16-4-10-20(11-5-16)27-22(25)17-6-8-19(9-7-17)26-15-24/h4-11,18,21,28H,2-3,12-15H2,1H3. The van der Waals surface area contributed by atoms with Gasteiger partial charge >= 0.3 is 5.97 Å². The lowest BCUT2D eigenvalue weighted by Gasteiger charge is -2.33. The molecular formula is C22H26ClFO3Si. The van der Waals surface area contributed by atoms with Gasteiger partial charge in [0, 0.05) is 0 Å². The quantitative estimate of drug-likeness (QED) is 0.236. The summed E-state index contributed by atoms with van der Waals surface area (Å²) < 4.78 is 22.4. The Morgan fingerprint density at radius 3 is 2.46 bits per heavy atom. The molecule has 3 unspecified atom stereocenters. The zero-order valence-electron chi connectivity index (χ0n) is 16.1. The Morgan fingerprint density at radius 2 is 1.82 bits per heavy atom. The van der Waals surface area contributed by atoms with Gasteiger partial charge in [0.25, 0.3) is 0 Å². The lowest BCUT2D eigenvalue weighted by molar-refractivity contribution is 0.0734. The Kier molecular flexibility index (Phi) is 7.51. The molecule has 2 aromatic carbocycles. The minimum atomic E-state index is -1.05. The van der Waals surface area contributed by atoms with E-state index in [0.29, 0.717) is 28.9 Å². The molecule has 1 aliphatic heterocycles. The van der Waals surface area contributed by atoms with E-state index in [1.807, 2.05) is 12.1 Å². The Labute approximate surface area is 172 Å². The number of ether oxygens (including phenoxy) is 2. The molecule has 3 nitrogen and oxygen atoms in total. The third-order valence-electron chi connectivity index (χ3n) is 5.41. The minimum absolute atomic E-state index is 0.375. The van der Waals surface area contributed by atoms with E-state index < -0.39 is 20.9 Å². The van der Waals surface area contributed by atoms with E-state index in [1.54, 1.807) is 24.3 Å². The third kappa shape index (κ3) is 5.36.